The molecule has 2 amide bonds. The van der Waals surface area contributed by atoms with Crippen molar-refractivity contribution in [2.75, 3.05) is 24.5 Å². The highest BCUT2D eigenvalue weighted by Gasteiger charge is 2.22. The SMILES string of the molecule is CC(=O)N(CC(=O)N1CCCC1)c1ccc(Br)cc1. The minimum Gasteiger partial charge on any atom is -0.341 e. The highest BCUT2D eigenvalue weighted by Crippen LogP contribution is 2.19. The van der Waals surface area contributed by atoms with Gasteiger partial charge in [-0.05, 0) is 37.1 Å². The van der Waals surface area contributed by atoms with E-state index in [1.165, 1.54) is 11.8 Å². The Kier molecular flexibility index (Phi) is 4.58. The van der Waals surface area contributed by atoms with Gasteiger partial charge in [-0.25, -0.2) is 0 Å². The van der Waals surface area contributed by atoms with Gasteiger partial charge in [0.25, 0.3) is 0 Å². The second-order valence-electron chi connectivity index (χ2n) is 4.67. The first-order valence-corrected chi connectivity index (χ1v) is 7.18. The lowest BCUT2D eigenvalue weighted by Crippen LogP contribution is -2.41. The molecule has 0 aromatic heterocycles. The number of carbonyl (C=O) groups excluding carboxylic acids is 2. The maximum absolute atomic E-state index is 12.1. The van der Waals surface area contributed by atoms with E-state index in [-0.39, 0.29) is 18.4 Å². The maximum Gasteiger partial charge on any atom is 0.242 e. The van der Waals surface area contributed by atoms with Crippen molar-refractivity contribution in [1.82, 2.24) is 4.90 Å². The van der Waals surface area contributed by atoms with Crippen molar-refractivity contribution in [2.24, 2.45) is 0 Å². The average Bonchev–Trinajstić information content (AvgIpc) is 2.90. The van der Waals surface area contributed by atoms with E-state index >= 15 is 0 Å². The Labute approximate surface area is 121 Å². The first-order valence-electron chi connectivity index (χ1n) is 6.39. The van der Waals surface area contributed by atoms with Crippen LogP contribution in [0.4, 0.5) is 5.69 Å². The fourth-order valence-electron chi connectivity index (χ4n) is 2.21. The van der Waals surface area contributed by atoms with Crippen LogP contribution < -0.4 is 4.90 Å². The molecule has 0 N–H and O–H groups in total. The van der Waals surface area contributed by atoms with E-state index in [1.54, 1.807) is 0 Å². The molecule has 1 fully saturated rings. The normalized spacial score (nSPS) is 14.5. The van der Waals surface area contributed by atoms with Gasteiger partial charge < -0.3 is 9.80 Å². The molecular formula is C14H17BrN2O2. The molecule has 0 saturated carbocycles. The van der Waals surface area contributed by atoms with Crippen LogP contribution >= 0.6 is 15.9 Å². The van der Waals surface area contributed by atoms with Gasteiger partial charge in [-0.2, -0.15) is 0 Å². The highest BCUT2D eigenvalue weighted by molar-refractivity contribution is 9.10. The second kappa shape index (κ2) is 6.19. The third kappa shape index (κ3) is 3.56. The summed E-state index contributed by atoms with van der Waals surface area (Å²) < 4.78 is 0.950. The van der Waals surface area contributed by atoms with Gasteiger partial charge in [0.15, 0.2) is 0 Å². The largest absolute Gasteiger partial charge is 0.341 e. The van der Waals surface area contributed by atoms with Crippen molar-refractivity contribution in [3.05, 3.63) is 28.7 Å². The van der Waals surface area contributed by atoms with Gasteiger partial charge in [0.05, 0.1) is 0 Å². The molecular weight excluding hydrogens is 308 g/mol. The molecule has 0 unspecified atom stereocenters. The Bertz CT molecular complexity index is 467. The van der Waals surface area contributed by atoms with E-state index in [4.69, 9.17) is 0 Å². The monoisotopic (exact) mass is 324 g/mol. The van der Waals surface area contributed by atoms with Crippen LogP contribution in [0.2, 0.25) is 0 Å². The molecule has 1 heterocycles. The third-order valence-corrected chi connectivity index (χ3v) is 3.80. The molecule has 0 aliphatic carbocycles. The van der Waals surface area contributed by atoms with E-state index in [0.717, 1.165) is 36.1 Å². The molecule has 0 atom stereocenters. The lowest BCUT2D eigenvalue weighted by Gasteiger charge is -2.24. The fourth-order valence-corrected chi connectivity index (χ4v) is 2.47. The van der Waals surface area contributed by atoms with Crippen molar-refractivity contribution < 1.29 is 9.59 Å². The summed E-state index contributed by atoms with van der Waals surface area (Å²) in [7, 11) is 0. The lowest BCUT2D eigenvalue weighted by molar-refractivity contribution is -0.130. The van der Waals surface area contributed by atoms with Crippen molar-refractivity contribution in [3.8, 4) is 0 Å². The summed E-state index contributed by atoms with van der Waals surface area (Å²) in [5.74, 6) is -0.0921. The predicted molar refractivity (Wildman–Crippen MR) is 78.0 cm³/mol. The van der Waals surface area contributed by atoms with Crippen molar-refractivity contribution in [1.29, 1.82) is 0 Å². The molecule has 0 bridgehead atoms. The molecule has 1 aromatic rings. The number of halogens is 1. The quantitative estimate of drug-likeness (QED) is 0.856. The van der Waals surface area contributed by atoms with E-state index in [9.17, 15) is 9.59 Å². The van der Waals surface area contributed by atoms with Crippen molar-refractivity contribution >= 4 is 33.4 Å². The molecule has 19 heavy (non-hydrogen) atoms. The first-order chi connectivity index (χ1) is 9.08. The summed E-state index contributed by atoms with van der Waals surface area (Å²) in [6, 6.07) is 7.41. The van der Waals surface area contributed by atoms with Crippen LogP contribution in [-0.2, 0) is 9.59 Å². The van der Waals surface area contributed by atoms with Gasteiger partial charge in [0.1, 0.15) is 6.54 Å². The fraction of sp³-hybridized carbons (Fsp3) is 0.429. The molecule has 5 heteroatoms. The van der Waals surface area contributed by atoms with Gasteiger partial charge >= 0.3 is 0 Å². The number of hydrogen-bond acceptors (Lipinski definition) is 2. The second-order valence-corrected chi connectivity index (χ2v) is 5.59. The Morgan fingerprint density at radius 3 is 2.32 bits per heavy atom. The maximum atomic E-state index is 12.1. The lowest BCUT2D eigenvalue weighted by atomic mass is 10.2. The molecule has 0 radical (unpaired) electrons. The number of anilines is 1. The smallest absolute Gasteiger partial charge is 0.242 e. The van der Waals surface area contributed by atoms with E-state index in [1.807, 2.05) is 29.2 Å². The zero-order chi connectivity index (χ0) is 13.8. The van der Waals surface area contributed by atoms with Crippen LogP contribution in [0.3, 0.4) is 0 Å². The zero-order valence-electron chi connectivity index (χ0n) is 10.9. The third-order valence-electron chi connectivity index (χ3n) is 3.27. The van der Waals surface area contributed by atoms with Crippen LogP contribution in [0.15, 0.2) is 28.7 Å². The molecule has 1 saturated heterocycles. The number of hydrogen-bond donors (Lipinski definition) is 0. The highest BCUT2D eigenvalue weighted by atomic mass is 79.9. The predicted octanol–water partition coefficient (Wildman–Crippen LogP) is 2.42. The summed E-state index contributed by atoms with van der Waals surface area (Å²) in [5.41, 5.74) is 0.753. The van der Waals surface area contributed by atoms with Crippen molar-refractivity contribution in [3.63, 3.8) is 0 Å². The van der Waals surface area contributed by atoms with Crippen LogP contribution in [-0.4, -0.2) is 36.3 Å². The van der Waals surface area contributed by atoms with Crippen LogP contribution in [0.5, 0.6) is 0 Å². The minimum atomic E-state index is -0.116. The number of amides is 2. The Morgan fingerprint density at radius 1 is 1.21 bits per heavy atom. The van der Waals surface area contributed by atoms with Crippen LogP contribution in [0.25, 0.3) is 0 Å². The topological polar surface area (TPSA) is 40.6 Å². The summed E-state index contributed by atoms with van der Waals surface area (Å²) >= 11 is 3.36. The van der Waals surface area contributed by atoms with Gasteiger partial charge in [-0.3, -0.25) is 9.59 Å². The van der Waals surface area contributed by atoms with Gasteiger partial charge in [0, 0.05) is 30.2 Å². The average molecular weight is 325 g/mol. The number of benzene rings is 1. The number of likely N-dealkylation sites (tertiary alicyclic amines) is 1. The number of rotatable bonds is 3. The van der Waals surface area contributed by atoms with Gasteiger partial charge in [-0.1, -0.05) is 15.9 Å². The van der Waals surface area contributed by atoms with Gasteiger partial charge in [-0.15, -0.1) is 0 Å². The summed E-state index contributed by atoms with van der Waals surface area (Å²) in [6.45, 7) is 3.23. The van der Waals surface area contributed by atoms with Gasteiger partial charge in [0.2, 0.25) is 11.8 Å². The van der Waals surface area contributed by atoms with E-state index in [2.05, 4.69) is 15.9 Å². The van der Waals surface area contributed by atoms with Crippen molar-refractivity contribution in [2.45, 2.75) is 19.8 Å². The minimum absolute atomic E-state index is 0.0237. The molecule has 1 aliphatic heterocycles. The zero-order valence-corrected chi connectivity index (χ0v) is 12.5. The van der Waals surface area contributed by atoms with E-state index in [0.29, 0.717) is 0 Å². The summed E-state index contributed by atoms with van der Waals surface area (Å²) in [6.07, 6.45) is 2.12. The molecule has 2 rings (SSSR count). The first kappa shape index (κ1) is 14.1. The molecule has 0 spiro atoms. The summed E-state index contributed by atoms with van der Waals surface area (Å²) in [4.78, 5) is 27.2. The van der Waals surface area contributed by atoms with E-state index < -0.39 is 0 Å². The Balaban J connectivity index is 2.09. The standard InChI is InChI=1S/C14H17BrN2O2/c1-11(18)17(13-6-4-12(15)5-7-13)10-14(19)16-8-2-3-9-16/h4-7H,2-3,8-10H2,1H3. The number of nitrogens with zero attached hydrogens (tertiary/aromatic N) is 2. The Morgan fingerprint density at radius 2 is 1.79 bits per heavy atom. The molecule has 4 nitrogen and oxygen atoms in total. The molecule has 102 valence electrons. The molecule has 1 aromatic carbocycles. The summed E-state index contributed by atoms with van der Waals surface area (Å²) in [5, 5.41) is 0. The van der Waals surface area contributed by atoms with Crippen LogP contribution in [0, 0.1) is 0 Å². The molecule has 1 aliphatic rings. The Hall–Kier alpha value is -1.36. The number of carbonyl (C=O) groups is 2. The van der Waals surface area contributed by atoms with Crippen LogP contribution in [0.1, 0.15) is 19.8 Å².